The summed E-state index contributed by atoms with van der Waals surface area (Å²) in [4.78, 5) is 4.30. The van der Waals surface area contributed by atoms with Gasteiger partial charge in [0.2, 0.25) is 0 Å². The van der Waals surface area contributed by atoms with Crippen molar-refractivity contribution in [1.82, 2.24) is 14.9 Å². The van der Waals surface area contributed by atoms with E-state index in [-0.39, 0.29) is 0 Å². The quantitative estimate of drug-likeness (QED) is 0.819. The van der Waals surface area contributed by atoms with Gasteiger partial charge >= 0.3 is 0 Å². The van der Waals surface area contributed by atoms with Gasteiger partial charge in [0.25, 0.3) is 0 Å². The molecule has 0 saturated carbocycles. The molecule has 4 heteroatoms. The van der Waals surface area contributed by atoms with Crippen molar-refractivity contribution in [1.29, 1.82) is 0 Å². The zero-order valence-corrected chi connectivity index (χ0v) is 9.55. The van der Waals surface area contributed by atoms with Gasteiger partial charge in [0.1, 0.15) is 5.82 Å². The van der Waals surface area contributed by atoms with Crippen molar-refractivity contribution in [2.45, 2.75) is 31.2 Å². The van der Waals surface area contributed by atoms with Crippen LogP contribution in [0, 0.1) is 0 Å². The average molecular weight is 211 g/mol. The van der Waals surface area contributed by atoms with Crippen LogP contribution < -0.4 is 5.32 Å². The number of hydrogen-bond donors (Lipinski definition) is 1. The van der Waals surface area contributed by atoms with E-state index in [1.54, 1.807) is 0 Å². The molecule has 1 fully saturated rings. The second kappa shape index (κ2) is 4.36. The van der Waals surface area contributed by atoms with Crippen LogP contribution in [0.3, 0.4) is 0 Å². The number of aryl methyl sites for hydroxylation is 1. The predicted molar refractivity (Wildman–Crippen MR) is 60.4 cm³/mol. The Balaban J connectivity index is 1.85. The first kappa shape index (κ1) is 10.1. The van der Waals surface area contributed by atoms with Crippen molar-refractivity contribution in [2.24, 2.45) is 7.05 Å². The molecule has 1 N–H and O–H groups in total. The molecule has 2 rings (SSSR count). The number of nitrogens with zero attached hydrogens (tertiary/aromatic N) is 2. The largest absolute Gasteiger partial charge is 0.337 e. The van der Waals surface area contributed by atoms with Crippen LogP contribution in [0.15, 0.2) is 12.4 Å². The maximum atomic E-state index is 4.30. The number of aromatic nitrogens is 2. The lowest BCUT2D eigenvalue weighted by atomic mass is 10.2. The molecule has 1 aromatic rings. The van der Waals surface area contributed by atoms with E-state index in [2.05, 4.69) is 33.6 Å². The van der Waals surface area contributed by atoms with Crippen molar-refractivity contribution in [3.63, 3.8) is 0 Å². The molecule has 0 radical (unpaired) electrons. The van der Waals surface area contributed by atoms with E-state index in [4.69, 9.17) is 0 Å². The summed E-state index contributed by atoms with van der Waals surface area (Å²) >= 11 is 2.06. The van der Waals surface area contributed by atoms with Crippen LogP contribution in [0.1, 0.15) is 19.2 Å². The Kier molecular flexibility index (Phi) is 3.13. The van der Waals surface area contributed by atoms with Crippen LogP contribution in [0.4, 0.5) is 0 Å². The van der Waals surface area contributed by atoms with Crippen LogP contribution in [0.5, 0.6) is 0 Å². The fraction of sp³-hybridized carbons (Fsp3) is 0.700. The number of nitrogens with one attached hydrogen (secondary N) is 1. The third-order valence-electron chi connectivity index (χ3n) is 2.82. The Morgan fingerprint density at radius 3 is 3.14 bits per heavy atom. The minimum Gasteiger partial charge on any atom is -0.337 e. The predicted octanol–water partition coefficient (Wildman–Crippen LogP) is 1.40. The summed E-state index contributed by atoms with van der Waals surface area (Å²) in [7, 11) is 2.04. The van der Waals surface area contributed by atoms with E-state index in [1.807, 2.05) is 19.4 Å². The van der Waals surface area contributed by atoms with Gasteiger partial charge in [-0.15, -0.1) is 0 Å². The molecule has 1 aromatic heterocycles. The number of rotatable bonds is 3. The van der Waals surface area contributed by atoms with E-state index in [0.29, 0.717) is 6.04 Å². The maximum Gasteiger partial charge on any atom is 0.122 e. The second-order valence-corrected chi connectivity index (χ2v) is 5.29. The van der Waals surface area contributed by atoms with Crippen LogP contribution in [-0.2, 0) is 13.6 Å². The number of imidazole rings is 1. The molecule has 1 aliphatic rings. The van der Waals surface area contributed by atoms with E-state index in [1.165, 1.54) is 12.2 Å². The molecule has 0 aliphatic carbocycles. The van der Waals surface area contributed by atoms with Gasteiger partial charge in [-0.3, -0.25) is 0 Å². The third kappa shape index (κ3) is 2.12. The average Bonchev–Trinajstić information content (AvgIpc) is 2.72. The molecule has 14 heavy (non-hydrogen) atoms. The van der Waals surface area contributed by atoms with Gasteiger partial charge < -0.3 is 9.88 Å². The lowest BCUT2D eigenvalue weighted by Crippen LogP contribution is -2.33. The highest BCUT2D eigenvalue weighted by molar-refractivity contribution is 8.00. The van der Waals surface area contributed by atoms with Crippen molar-refractivity contribution in [2.75, 3.05) is 5.75 Å². The van der Waals surface area contributed by atoms with E-state index >= 15 is 0 Å². The maximum absolute atomic E-state index is 4.30. The highest BCUT2D eigenvalue weighted by Gasteiger charge is 2.23. The molecule has 1 saturated heterocycles. The van der Waals surface area contributed by atoms with E-state index in [9.17, 15) is 0 Å². The van der Waals surface area contributed by atoms with Crippen LogP contribution in [-0.4, -0.2) is 26.6 Å². The molecular formula is C10H17N3S. The van der Waals surface area contributed by atoms with Gasteiger partial charge in [0.15, 0.2) is 0 Å². The molecule has 2 heterocycles. The van der Waals surface area contributed by atoms with Crippen LogP contribution in [0.2, 0.25) is 0 Å². The lowest BCUT2D eigenvalue weighted by Gasteiger charge is -2.15. The molecule has 1 aliphatic heterocycles. The Labute approximate surface area is 89.3 Å². The summed E-state index contributed by atoms with van der Waals surface area (Å²) < 4.78 is 2.07. The molecule has 0 bridgehead atoms. The van der Waals surface area contributed by atoms with Crippen molar-refractivity contribution in [3.05, 3.63) is 18.2 Å². The molecule has 2 unspecified atom stereocenters. The van der Waals surface area contributed by atoms with Crippen LogP contribution in [0.25, 0.3) is 0 Å². The van der Waals surface area contributed by atoms with Gasteiger partial charge in [-0.1, -0.05) is 6.92 Å². The van der Waals surface area contributed by atoms with Gasteiger partial charge in [-0.25, -0.2) is 4.98 Å². The summed E-state index contributed by atoms with van der Waals surface area (Å²) in [6.45, 7) is 3.19. The molecule has 0 amide bonds. The zero-order valence-electron chi connectivity index (χ0n) is 8.73. The molecule has 0 aromatic carbocycles. The van der Waals surface area contributed by atoms with E-state index in [0.717, 1.165) is 17.6 Å². The van der Waals surface area contributed by atoms with Crippen molar-refractivity contribution < 1.29 is 0 Å². The molecule has 3 nitrogen and oxygen atoms in total. The van der Waals surface area contributed by atoms with Crippen molar-refractivity contribution >= 4 is 11.8 Å². The normalized spacial score (nSPS) is 27.0. The Morgan fingerprint density at radius 2 is 2.57 bits per heavy atom. The summed E-state index contributed by atoms with van der Waals surface area (Å²) in [6, 6.07) is 0.664. The highest BCUT2D eigenvalue weighted by atomic mass is 32.2. The summed E-state index contributed by atoms with van der Waals surface area (Å²) in [6.07, 6.45) is 5.13. The smallest absolute Gasteiger partial charge is 0.122 e. The summed E-state index contributed by atoms with van der Waals surface area (Å²) in [5, 5.41) is 4.32. The van der Waals surface area contributed by atoms with Crippen molar-refractivity contribution in [3.8, 4) is 0 Å². The Hall–Kier alpha value is -0.480. The first-order chi connectivity index (χ1) is 6.77. The fourth-order valence-electron chi connectivity index (χ4n) is 1.79. The van der Waals surface area contributed by atoms with Gasteiger partial charge in [0, 0.05) is 30.7 Å². The fourth-order valence-corrected chi connectivity index (χ4v) is 3.02. The SMILES string of the molecule is CC1SCCC1NCc1nccn1C. The van der Waals surface area contributed by atoms with Gasteiger partial charge in [0.05, 0.1) is 6.54 Å². The van der Waals surface area contributed by atoms with Crippen LogP contribution >= 0.6 is 11.8 Å². The Morgan fingerprint density at radius 1 is 1.71 bits per heavy atom. The highest BCUT2D eigenvalue weighted by Crippen LogP contribution is 2.26. The number of hydrogen-bond acceptors (Lipinski definition) is 3. The summed E-state index contributed by atoms with van der Waals surface area (Å²) in [5.41, 5.74) is 0. The van der Waals surface area contributed by atoms with Gasteiger partial charge in [-0.2, -0.15) is 11.8 Å². The van der Waals surface area contributed by atoms with Gasteiger partial charge in [-0.05, 0) is 12.2 Å². The zero-order chi connectivity index (χ0) is 9.97. The molecule has 2 atom stereocenters. The first-order valence-electron chi connectivity index (χ1n) is 5.08. The topological polar surface area (TPSA) is 29.9 Å². The summed E-state index contributed by atoms with van der Waals surface area (Å²) in [5.74, 6) is 2.41. The minimum absolute atomic E-state index is 0.664. The standard InChI is InChI=1S/C10H17N3S/c1-8-9(3-6-14-8)12-7-10-11-4-5-13(10)2/h4-5,8-9,12H,3,6-7H2,1-2H3. The third-order valence-corrected chi connectivity index (χ3v) is 4.15. The lowest BCUT2D eigenvalue weighted by molar-refractivity contribution is 0.497. The monoisotopic (exact) mass is 211 g/mol. The molecule has 78 valence electrons. The second-order valence-electron chi connectivity index (χ2n) is 3.81. The molecular weight excluding hydrogens is 194 g/mol. The number of thioether (sulfide) groups is 1. The minimum atomic E-state index is 0.664. The molecule has 0 spiro atoms. The Bertz CT molecular complexity index is 297. The van der Waals surface area contributed by atoms with E-state index < -0.39 is 0 Å². The first-order valence-corrected chi connectivity index (χ1v) is 6.13.